The van der Waals surface area contributed by atoms with Crippen molar-refractivity contribution in [1.82, 2.24) is 19.7 Å². The number of carbonyl (C=O) groups is 1. The summed E-state index contributed by atoms with van der Waals surface area (Å²) < 4.78 is 7.13. The fraction of sp³-hybridized carbons (Fsp3) is 0.333. The summed E-state index contributed by atoms with van der Waals surface area (Å²) in [5.41, 5.74) is 3.23. The second kappa shape index (κ2) is 6.03. The van der Waals surface area contributed by atoms with Crippen molar-refractivity contribution in [1.29, 1.82) is 0 Å². The molecule has 6 heteroatoms. The highest BCUT2D eigenvalue weighted by atomic mass is 16.5. The fourth-order valence-corrected chi connectivity index (χ4v) is 2.76. The van der Waals surface area contributed by atoms with E-state index < -0.39 is 0 Å². The number of hydrogen-bond donors (Lipinski definition) is 0. The Morgan fingerprint density at radius 3 is 2.42 bits per heavy atom. The van der Waals surface area contributed by atoms with Crippen molar-refractivity contribution in [3.05, 3.63) is 46.9 Å². The van der Waals surface area contributed by atoms with Crippen molar-refractivity contribution in [3.8, 4) is 5.88 Å². The lowest BCUT2D eigenvalue weighted by Gasteiger charge is -2.14. The third-order valence-corrected chi connectivity index (χ3v) is 4.08. The number of nitrogens with zero attached hydrogens (tertiary/aromatic N) is 4. The van der Waals surface area contributed by atoms with Gasteiger partial charge in [-0.2, -0.15) is 10.1 Å². The maximum atomic E-state index is 12.0. The molecule has 24 heavy (non-hydrogen) atoms. The van der Waals surface area contributed by atoms with Crippen molar-refractivity contribution in [2.45, 2.75) is 33.7 Å². The molecule has 0 radical (unpaired) electrons. The number of rotatable bonds is 4. The Morgan fingerprint density at radius 1 is 1.17 bits per heavy atom. The first-order valence-corrected chi connectivity index (χ1v) is 7.80. The minimum Gasteiger partial charge on any atom is -0.480 e. The van der Waals surface area contributed by atoms with E-state index in [9.17, 15) is 4.79 Å². The number of benzene rings is 1. The molecule has 0 aliphatic carbocycles. The Kier molecular flexibility index (Phi) is 4.05. The van der Waals surface area contributed by atoms with Crippen LogP contribution in [0.3, 0.4) is 0 Å². The van der Waals surface area contributed by atoms with Crippen molar-refractivity contribution in [3.63, 3.8) is 0 Å². The van der Waals surface area contributed by atoms with Gasteiger partial charge in [0.25, 0.3) is 0 Å². The Balaban J connectivity index is 2.26. The van der Waals surface area contributed by atoms with Gasteiger partial charge in [-0.1, -0.05) is 29.8 Å². The molecule has 0 bridgehead atoms. The van der Waals surface area contributed by atoms with Crippen LogP contribution in [0.1, 0.15) is 47.3 Å². The first-order valence-electron chi connectivity index (χ1n) is 7.80. The zero-order valence-corrected chi connectivity index (χ0v) is 14.5. The first kappa shape index (κ1) is 16.1. The van der Waals surface area contributed by atoms with Crippen LogP contribution in [0.4, 0.5) is 0 Å². The minimum atomic E-state index is -0.138. The molecule has 6 nitrogen and oxygen atoms in total. The van der Waals surface area contributed by atoms with Gasteiger partial charge in [0.2, 0.25) is 5.88 Å². The summed E-state index contributed by atoms with van der Waals surface area (Å²) >= 11 is 0. The lowest BCUT2D eigenvalue weighted by molar-refractivity contribution is 0.101. The van der Waals surface area contributed by atoms with E-state index >= 15 is 0 Å². The number of aryl methyl sites for hydroxylation is 2. The third-order valence-electron chi connectivity index (χ3n) is 4.08. The van der Waals surface area contributed by atoms with Gasteiger partial charge in [-0.3, -0.25) is 4.79 Å². The van der Waals surface area contributed by atoms with Crippen LogP contribution in [0.2, 0.25) is 0 Å². The lowest BCUT2D eigenvalue weighted by atomic mass is 10.1. The second-order valence-corrected chi connectivity index (χ2v) is 5.91. The average molecular weight is 324 g/mol. The van der Waals surface area contributed by atoms with Gasteiger partial charge in [0.15, 0.2) is 11.4 Å². The Bertz CT molecular complexity index is 913. The van der Waals surface area contributed by atoms with Crippen molar-refractivity contribution in [2.24, 2.45) is 0 Å². The van der Waals surface area contributed by atoms with Gasteiger partial charge in [-0.05, 0) is 26.3 Å². The standard InChI is InChI=1S/C18H20N4O2/c1-10-6-8-14(9-7-10)11(2)22-17-15(16(21-22)12(3)23)18(24-5)20-13(4)19-17/h6-9,11H,1-5H3/t11-/m0/s1. The molecule has 0 unspecified atom stereocenters. The number of Topliss-reactive ketones (excluding diaryl/α,β-unsaturated/α-hetero) is 1. The summed E-state index contributed by atoms with van der Waals surface area (Å²) in [5.74, 6) is 0.817. The molecule has 0 aliphatic heterocycles. The summed E-state index contributed by atoms with van der Waals surface area (Å²) in [5, 5.41) is 5.09. The maximum Gasteiger partial charge on any atom is 0.228 e. The predicted molar refractivity (Wildman–Crippen MR) is 91.6 cm³/mol. The van der Waals surface area contributed by atoms with E-state index in [1.807, 2.05) is 13.8 Å². The Morgan fingerprint density at radius 2 is 1.83 bits per heavy atom. The summed E-state index contributed by atoms with van der Waals surface area (Å²) in [6.07, 6.45) is 0. The highest BCUT2D eigenvalue weighted by Gasteiger charge is 2.24. The maximum absolute atomic E-state index is 12.0. The molecule has 0 saturated carbocycles. The molecule has 1 atom stereocenters. The summed E-state index contributed by atoms with van der Waals surface area (Å²) in [4.78, 5) is 20.8. The van der Waals surface area contributed by atoms with E-state index in [4.69, 9.17) is 4.74 Å². The molecular formula is C18H20N4O2. The third kappa shape index (κ3) is 2.64. The average Bonchev–Trinajstić information content (AvgIpc) is 2.93. The van der Waals surface area contributed by atoms with Crippen molar-refractivity contribution < 1.29 is 9.53 Å². The van der Waals surface area contributed by atoms with Crippen LogP contribution >= 0.6 is 0 Å². The van der Waals surface area contributed by atoms with E-state index in [0.29, 0.717) is 28.4 Å². The van der Waals surface area contributed by atoms with Crippen molar-refractivity contribution in [2.75, 3.05) is 7.11 Å². The highest BCUT2D eigenvalue weighted by molar-refractivity contribution is 6.05. The van der Waals surface area contributed by atoms with Crippen LogP contribution in [0.15, 0.2) is 24.3 Å². The predicted octanol–water partition coefficient (Wildman–Crippen LogP) is 3.26. The fourth-order valence-electron chi connectivity index (χ4n) is 2.76. The quantitative estimate of drug-likeness (QED) is 0.689. The molecule has 2 aromatic heterocycles. The zero-order valence-electron chi connectivity index (χ0n) is 14.5. The van der Waals surface area contributed by atoms with E-state index in [0.717, 1.165) is 5.56 Å². The monoisotopic (exact) mass is 324 g/mol. The van der Waals surface area contributed by atoms with Gasteiger partial charge >= 0.3 is 0 Å². The number of ketones is 1. The van der Waals surface area contributed by atoms with Crippen LogP contribution in [0, 0.1) is 13.8 Å². The van der Waals surface area contributed by atoms with Crippen molar-refractivity contribution >= 4 is 16.8 Å². The van der Waals surface area contributed by atoms with Gasteiger partial charge in [0.05, 0.1) is 13.2 Å². The van der Waals surface area contributed by atoms with Crippen LogP contribution in [-0.2, 0) is 0 Å². The normalized spacial score (nSPS) is 12.4. The van der Waals surface area contributed by atoms with E-state index in [-0.39, 0.29) is 11.8 Å². The lowest BCUT2D eigenvalue weighted by Crippen LogP contribution is -2.10. The molecular weight excluding hydrogens is 304 g/mol. The molecule has 0 saturated heterocycles. The molecule has 3 aromatic rings. The molecule has 1 aromatic carbocycles. The Hall–Kier alpha value is -2.76. The van der Waals surface area contributed by atoms with Gasteiger partial charge in [-0.25, -0.2) is 9.67 Å². The number of carbonyl (C=O) groups excluding carboxylic acids is 1. The Labute approximate surface area is 140 Å². The van der Waals surface area contributed by atoms with Crippen LogP contribution in [-0.4, -0.2) is 32.6 Å². The summed E-state index contributed by atoms with van der Waals surface area (Å²) in [7, 11) is 1.53. The largest absolute Gasteiger partial charge is 0.480 e. The van der Waals surface area contributed by atoms with Gasteiger partial charge in [-0.15, -0.1) is 0 Å². The van der Waals surface area contributed by atoms with E-state index in [2.05, 4.69) is 39.3 Å². The molecule has 3 rings (SSSR count). The molecule has 124 valence electrons. The second-order valence-electron chi connectivity index (χ2n) is 5.91. The number of hydrogen-bond acceptors (Lipinski definition) is 5. The molecule has 0 aliphatic rings. The van der Waals surface area contributed by atoms with Crippen LogP contribution in [0.5, 0.6) is 5.88 Å². The molecule has 0 fully saturated rings. The molecule has 2 heterocycles. The molecule has 0 amide bonds. The minimum absolute atomic E-state index is 0.0693. The van der Waals surface area contributed by atoms with Crippen LogP contribution < -0.4 is 4.74 Å². The van der Waals surface area contributed by atoms with Gasteiger partial charge in [0, 0.05) is 6.92 Å². The molecule has 0 N–H and O–H groups in total. The zero-order chi connectivity index (χ0) is 17.4. The smallest absolute Gasteiger partial charge is 0.228 e. The SMILES string of the molecule is COc1nc(C)nc2c1c(C(C)=O)nn2[C@@H](C)c1ccc(C)cc1. The van der Waals surface area contributed by atoms with Crippen LogP contribution in [0.25, 0.3) is 11.0 Å². The van der Waals surface area contributed by atoms with E-state index in [1.54, 1.807) is 11.6 Å². The summed E-state index contributed by atoms with van der Waals surface area (Å²) in [6.45, 7) is 7.36. The number of fused-ring (bicyclic) bond motifs is 1. The van der Waals surface area contributed by atoms with Gasteiger partial charge < -0.3 is 4.74 Å². The topological polar surface area (TPSA) is 69.9 Å². The number of methoxy groups -OCH3 is 1. The van der Waals surface area contributed by atoms with E-state index in [1.165, 1.54) is 19.6 Å². The number of aromatic nitrogens is 4. The summed E-state index contributed by atoms with van der Waals surface area (Å²) in [6, 6.07) is 8.17. The first-order chi connectivity index (χ1) is 11.4. The van der Waals surface area contributed by atoms with Gasteiger partial charge in [0.1, 0.15) is 16.9 Å². The highest BCUT2D eigenvalue weighted by Crippen LogP contribution is 2.30. The number of ether oxygens (including phenoxy) is 1. The molecule has 0 spiro atoms.